The van der Waals surface area contributed by atoms with E-state index in [-0.39, 0.29) is 12.5 Å². The molecule has 0 aliphatic heterocycles. The lowest BCUT2D eigenvalue weighted by Gasteiger charge is -2.22. The van der Waals surface area contributed by atoms with Crippen LogP contribution in [0.2, 0.25) is 0 Å². The van der Waals surface area contributed by atoms with Gasteiger partial charge >= 0.3 is 0 Å². The van der Waals surface area contributed by atoms with Crippen molar-refractivity contribution in [2.75, 3.05) is 11.9 Å². The highest BCUT2D eigenvalue weighted by atomic mass is 16.1. The third kappa shape index (κ3) is 3.98. The maximum atomic E-state index is 11.7. The van der Waals surface area contributed by atoms with Gasteiger partial charge in [0.15, 0.2) is 0 Å². The Labute approximate surface area is 107 Å². The van der Waals surface area contributed by atoms with Gasteiger partial charge in [-0.05, 0) is 19.8 Å². The van der Waals surface area contributed by atoms with Crippen molar-refractivity contribution in [3.05, 3.63) is 18.1 Å². The average Bonchev–Trinajstić information content (AvgIpc) is 2.38. The van der Waals surface area contributed by atoms with Crippen LogP contribution in [0.1, 0.15) is 37.8 Å². The molecule has 0 aromatic carbocycles. The van der Waals surface area contributed by atoms with Gasteiger partial charge in [-0.15, -0.1) is 0 Å². The fourth-order valence-electron chi connectivity index (χ4n) is 2.25. The van der Waals surface area contributed by atoms with Gasteiger partial charge in [-0.3, -0.25) is 9.78 Å². The summed E-state index contributed by atoms with van der Waals surface area (Å²) < 4.78 is 0. The molecule has 0 unspecified atom stereocenters. The second kappa shape index (κ2) is 6.33. The standard InChI is InChI=1S/C13H20N4O/c1-10-7-14-8-12(16-10)15-9-13(18)17-11-5-3-2-4-6-11/h7-8,11H,2-6,9H2,1H3,(H,15,16)(H,17,18). The second-order valence-corrected chi connectivity index (χ2v) is 4.80. The van der Waals surface area contributed by atoms with Crippen molar-refractivity contribution in [3.8, 4) is 0 Å². The van der Waals surface area contributed by atoms with E-state index < -0.39 is 0 Å². The molecule has 18 heavy (non-hydrogen) atoms. The summed E-state index contributed by atoms with van der Waals surface area (Å²) in [6.07, 6.45) is 9.27. The van der Waals surface area contributed by atoms with Crippen LogP contribution in [0.15, 0.2) is 12.4 Å². The van der Waals surface area contributed by atoms with E-state index in [4.69, 9.17) is 0 Å². The topological polar surface area (TPSA) is 66.9 Å². The molecule has 5 heteroatoms. The number of nitrogens with one attached hydrogen (secondary N) is 2. The number of carbonyl (C=O) groups is 1. The first-order chi connectivity index (χ1) is 8.74. The summed E-state index contributed by atoms with van der Waals surface area (Å²) in [7, 11) is 0. The third-order valence-electron chi connectivity index (χ3n) is 3.16. The molecule has 98 valence electrons. The van der Waals surface area contributed by atoms with Gasteiger partial charge in [0.05, 0.1) is 18.4 Å². The van der Waals surface area contributed by atoms with E-state index in [0.29, 0.717) is 11.9 Å². The minimum absolute atomic E-state index is 0.0326. The molecule has 1 amide bonds. The number of carbonyl (C=O) groups excluding carboxylic acids is 1. The molecule has 1 aliphatic carbocycles. The Morgan fingerprint density at radius 3 is 2.83 bits per heavy atom. The lowest BCUT2D eigenvalue weighted by atomic mass is 9.95. The summed E-state index contributed by atoms with van der Waals surface area (Å²) >= 11 is 0. The number of hydrogen-bond donors (Lipinski definition) is 2. The monoisotopic (exact) mass is 248 g/mol. The van der Waals surface area contributed by atoms with E-state index in [1.807, 2.05) is 6.92 Å². The van der Waals surface area contributed by atoms with E-state index in [0.717, 1.165) is 18.5 Å². The van der Waals surface area contributed by atoms with Crippen LogP contribution in [-0.4, -0.2) is 28.5 Å². The van der Waals surface area contributed by atoms with Crippen molar-refractivity contribution >= 4 is 11.7 Å². The zero-order valence-corrected chi connectivity index (χ0v) is 10.8. The van der Waals surface area contributed by atoms with Gasteiger partial charge in [0.1, 0.15) is 5.82 Å². The highest BCUT2D eigenvalue weighted by molar-refractivity contribution is 5.80. The normalized spacial score (nSPS) is 16.3. The summed E-state index contributed by atoms with van der Waals surface area (Å²) in [5, 5.41) is 6.04. The zero-order valence-electron chi connectivity index (χ0n) is 10.8. The molecule has 1 aliphatic rings. The van der Waals surface area contributed by atoms with Crippen molar-refractivity contribution in [3.63, 3.8) is 0 Å². The van der Waals surface area contributed by atoms with E-state index in [9.17, 15) is 4.79 Å². The van der Waals surface area contributed by atoms with E-state index in [1.165, 1.54) is 19.3 Å². The quantitative estimate of drug-likeness (QED) is 0.850. The highest BCUT2D eigenvalue weighted by Crippen LogP contribution is 2.17. The number of nitrogens with zero attached hydrogens (tertiary/aromatic N) is 2. The van der Waals surface area contributed by atoms with Crippen molar-refractivity contribution in [1.82, 2.24) is 15.3 Å². The molecule has 0 bridgehead atoms. The molecule has 1 saturated carbocycles. The Balaban J connectivity index is 1.74. The van der Waals surface area contributed by atoms with Crippen molar-refractivity contribution in [2.24, 2.45) is 0 Å². The first-order valence-electron chi connectivity index (χ1n) is 6.56. The Morgan fingerprint density at radius 2 is 2.11 bits per heavy atom. The van der Waals surface area contributed by atoms with E-state index in [2.05, 4.69) is 20.6 Å². The summed E-state index contributed by atoms with van der Waals surface area (Å²) in [6, 6.07) is 0.358. The molecular weight excluding hydrogens is 228 g/mol. The third-order valence-corrected chi connectivity index (χ3v) is 3.16. The van der Waals surface area contributed by atoms with Crippen LogP contribution in [0, 0.1) is 6.92 Å². The van der Waals surface area contributed by atoms with Gasteiger partial charge in [-0.2, -0.15) is 0 Å². The molecule has 2 rings (SSSR count). The van der Waals surface area contributed by atoms with Crippen LogP contribution in [0.4, 0.5) is 5.82 Å². The number of aryl methyl sites for hydroxylation is 1. The first-order valence-corrected chi connectivity index (χ1v) is 6.56. The Kier molecular flexibility index (Phi) is 4.50. The summed E-state index contributed by atoms with van der Waals surface area (Å²) in [5.41, 5.74) is 0.840. The molecule has 0 saturated heterocycles. The van der Waals surface area contributed by atoms with Gasteiger partial charge in [0.2, 0.25) is 5.91 Å². The minimum Gasteiger partial charge on any atom is -0.360 e. The van der Waals surface area contributed by atoms with Gasteiger partial charge in [0, 0.05) is 12.2 Å². The van der Waals surface area contributed by atoms with Gasteiger partial charge in [0.25, 0.3) is 0 Å². The van der Waals surface area contributed by atoms with Crippen LogP contribution in [0.5, 0.6) is 0 Å². The minimum atomic E-state index is 0.0326. The Hall–Kier alpha value is -1.65. The fourth-order valence-corrected chi connectivity index (χ4v) is 2.25. The van der Waals surface area contributed by atoms with Gasteiger partial charge in [-0.1, -0.05) is 19.3 Å². The smallest absolute Gasteiger partial charge is 0.239 e. The van der Waals surface area contributed by atoms with Crippen LogP contribution in [0.25, 0.3) is 0 Å². The molecule has 1 aromatic heterocycles. The van der Waals surface area contributed by atoms with Crippen LogP contribution in [-0.2, 0) is 4.79 Å². The lowest BCUT2D eigenvalue weighted by molar-refractivity contribution is -0.120. The molecule has 0 atom stereocenters. The Bertz CT molecular complexity index is 402. The lowest BCUT2D eigenvalue weighted by Crippen LogP contribution is -2.39. The van der Waals surface area contributed by atoms with E-state index in [1.54, 1.807) is 12.4 Å². The number of anilines is 1. The summed E-state index contributed by atoms with van der Waals surface area (Å²) in [4.78, 5) is 20.0. The molecule has 2 N–H and O–H groups in total. The molecule has 0 spiro atoms. The molecular formula is C13H20N4O. The second-order valence-electron chi connectivity index (χ2n) is 4.80. The molecule has 1 aromatic rings. The molecule has 1 fully saturated rings. The number of rotatable bonds is 4. The molecule has 1 heterocycles. The number of aromatic nitrogens is 2. The fraction of sp³-hybridized carbons (Fsp3) is 0.615. The zero-order chi connectivity index (χ0) is 12.8. The SMILES string of the molecule is Cc1cncc(NCC(=O)NC2CCCCC2)n1. The predicted molar refractivity (Wildman–Crippen MR) is 70.3 cm³/mol. The number of hydrogen-bond acceptors (Lipinski definition) is 4. The van der Waals surface area contributed by atoms with Crippen molar-refractivity contribution in [1.29, 1.82) is 0 Å². The highest BCUT2D eigenvalue weighted by Gasteiger charge is 2.15. The maximum Gasteiger partial charge on any atom is 0.239 e. The van der Waals surface area contributed by atoms with Crippen LogP contribution in [0.3, 0.4) is 0 Å². The van der Waals surface area contributed by atoms with Gasteiger partial charge < -0.3 is 10.6 Å². The average molecular weight is 248 g/mol. The maximum absolute atomic E-state index is 11.7. The van der Waals surface area contributed by atoms with Crippen LogP contribution >= 0.6 is 0 Å². The molecule has 5 nitrogen and oxygen atoms in total. The summed E-state index contributed by atoms with van der Waals surface area (Å²) in [6.45, 7) is 2.13. The molecule has 0 radical (unpaired) electrons. The van der Waals surface area contributed by atoms with Crippen LogP contribution < -0.4 is 10.6 Å². The Morgan fingerprint density at radius 1 is 1.33 bits per heavy atom. The largest absolute Gasteiger partial charge is 0.360 e. The predicted octanol–water partition coefficient (Wildman–Crippen LogP) is 1.65. The first kappa shape index (κ1) is 12.8. The van der Waals surface area contributed by atoms with Crippen molar-refractivity contribution in [2.45, 2.75) is 45.1 Å². The number of amides is 1. The van der Waals surface area contributed by atoms with Gasteiger partial charge in [-0.25, -0.2) is 4.98 Å². The van der Waals surface area contributed by atoms with Crippen molar-refractivity contribution < 1.29 is 4.79 Å². The van der Waals surface area contributed by atoms with E-state index >= 15 is 0 Å². The summed E-state index contributed by atoms with van der Waals surface area (Å²) in [5.74, 6) is 0.680.